The van der Waals surface area contributed by atoms with Gasteiger partial charge in [-0.15, -0.1) is 0 Å². The van der Waals surface area contributed by atoms with Crippen LogP contribution in [0.4, 0.5) is 0 Å². The fourth-order valence-corrected chi connectivity index (χ4v) is 4.57. The molecule has 0 N–H and O–H groups in total. The number of carbonyl (C=O) groups excluding carboxylic acids is 1. The number of rotatable bonds is 4. The van der Waals surface area contributed by atoms with Crippen LogP contribution in [0.1, 0.15) is 24.1 Å². The third-order valence-corrected chi connectivity index (χ3v) is 5.73. The summed E-state index contributed by atoms with van der Waals surface area (Å²) in [5.41, 5.74) is 2.45. The SMILES string of the molecule is COc1ccc([C@H]2[C@@H]3CN(Cc4cccnc4)C[C@@H]3CN2C(C)=O)cc1. The Labute approximate surface area is 154 Å². The number of methoxy groups -OCH3 is 1. The lowest BCUT2D eigenvalue weighted by molar-refractivity contribution is -0.130. The molecule has 26 heavy (non-hydrogen) atoms. The first-order chi connectivity index (χ1) is 12.7. The molecule has 0 aliphatic carbocycles. The lowest BCUT2D eigenvalue weighted by atomic mass is 9.89. The molecule has 3 heterocycles. The highest BCUT2D eigenvalue weighted by Gasteiger charge is 2.48. The fourth-order valence-electron chi connectivity index (χ4n) is 4.57. The van der Waals surface area contributed by atoms with E-state index in [2.05, 4.69) is 33.0 Å². The quantitative estimate of drug-likeness (QED) is 0.850. The summed E-state index contributed by atoms with van der Waals surface area (Å²) >= 11 is 0. The monoisotopic (exact) mass is 351 g/mol. The lowest BCUT2D eigenvalue weighted by Crippen LogP contribution is -2.34. The van der Waals surface area contributed by atoms with Crippen molar-refractivity contribution in [1.29, 1.82) is 0 Å². The van der Waals surface area contributed by atoms with Crippen LogP contribution in [0.25, 0.3) is 0 Å². The van der Waals surface area contributed by atoms with Gasteiger partial charge in [0.1, 0.15) is 5.75 Å². The molecule has 0 saturated carbocycles. The zero-order valence-electron chi connectivity index (χ0n) is 15.3. The Morgan fingerprint density at radius 3 is 2.65 bits per heavy atom. The van der Waals surface area contributed by atoms with Crippen molar-refractivity contribution in [3.05, 3.63) is 59.9 Å². The van der Waals surface area contributed by atoms with Gasteiger partial charge in [-0.3, -0.25) is 14.7 Å². The number of nitrogens with zero attached hydrogens (tertiary/aromatic N) is 3. The fraction of sp³-hybridized carbons (Fsp3) is 0.429. The van der Waals surface area contributed by atoms with E-state index >= 15 is 0 Å². The summed E-state index contributed by atoms with van der Waals surface area (Å²) in [7, 11) is 1.68. The van der Waals surface area contributed by atoms with Gasteiger partial charge in [0.25, 0.3) is 0 Å². The van der Waals surface area contributed by atoms with Crippen LogP contribution in [0.5, 0.6) is 5.75 Å². The van der Waals surface area contributed by atoms with Gasteiger partial charge in [0, 0.05) is 51.4 Å². The molecule has 0 spiro atoms. The number of likely N-dealkylation sites (tertiary alicyclic amines) is 2. The topological polar surface area (TPSA) is 45.7 Å². The molecule has 5 heteroatoms. The van der Waals surface area contributed by atoms with Crippen LogP contribution in [0.3, 0.4) is 0 Å². The first kappa shape index (κ1) is 17.0. The smallest absolute Gasteiger partial charge is 0.219 e. The van der Waals surface area contributed by atoms with E-state index in [-0.39, 0.29) is 11.9 Å². The highest BCUT2D eigenvalue weighted by Crippen LogP contribution is 2.45. The molecule has 1 aromatic heterocycles. The van der Waals surface area contributed by atoms with Gasteiger partial charge in [-0.25, -0.2) is 0 Å². The molecule has 2 aliphatic heterocycles. The number of benzene rings is 1. The van der Waals surface area contributed by atoms with Crippen molar-refractivity contribution in [2.45, 2.75) is 19.5 Å². The summed E-state index contributed by atoms with van der Waals surface area (Å²) < 4.78 is 5.28. The van der Waals surface area contributed by atoms with Crippen LogP contribution < -0.4 is 4.74 Å². The maximum atomic E-state index is 12.2. The van der Waals surface area contributed by atoms with Gasteiger partial charge in [0.05, 0.1) is 13.2 Å². The van der Waals surface area contributed by atoms with Crippen LogP contribution in [0.2, 0.25) is 0 Å². The Balaban J connectivity index is 1.54. The highest BCUT2D eigenvalue weighted by atomic mass is 16.5. The van der Waals surface area contributed by atoms with Crippen LogP contribution in [0.15, 0.2) is 48.8 Å². The largest absolute Gasteiger partial charge is 0.497 e. The zero-order chi connectivity index (χ0) is 18.1. The molecular weight excluding hydrogens is 326 g/mol. The zero-order valence-corrected chi connectivity index (χ0v) is 15.3. The lowest BCUT2D eigenvalue weighted by Gasteiger charge is -2.29. The number of pyridine rings is 1. The Morgan fingerprint density at radius 2 is 2.00 bits per heavy atom. The molecule has 0 unspecified atom stereocenters. The summed E-state index contributed by atoms with van der Waals surface area (Å²) in [6.45, 7) is 5.51. The summed E-state index contributed by atoms with van der Waals surface area (Å²) in [5, 5.41) is 0. The number of ether oxygens (including phenoxy) is 1. The van der Waals surface area contributed by atoms with Crippen LogP contribution >= 0.6 is 0 Å². The van der Waals surface area contributed by atoms with E-state index < -0.39 is 0 Å². The predicted octanol–water partition coefficient (Wildman–Crippen LogP) is 2.74. The van der Waals surface area contributed by atoms with Gasteiger partial charge in [0.2, 0.25) is 5.91 Å². The molecule has 2 fully saturated rings. The van der Waals surface area contributed by atoms with Gasteiger partial charge in [-0.05, 0) is 35.2 Å². The van der Waals surface area contributed by atoms with E-state index in [1.54, 1.807) is 14.0 Å². The average Bonchev–Trinajstić information content (AvgIpc) is 3.20. The van der Waals surface area contributed by atoms with Crippen molar-refractivity contribution in [2.75, 3.05) is 26.7 Å². The van der Waals surface area contributed by atoms with Crippen molar-refractivity contribution < 1.29 is 9.53 Å². The normalized spacial score (nSPS) is 25.3. The minimum Gasteiger partial charge on any atom is -0.497 e. The molecule has 1 amide bonds. The molecule has 136 valence electrons. The second-order valence-corrected chi connectivity index (χ2v) is 7.37. The number of hydrogen-bond acceptors (Lipinski definition) is 4. The van der Waals surface area contributed by atoms with Gasteiger partial charge < -0.3 is 9.64 Å². The first-order valence-electron chi connectivity index (χ1n) is 9.18. The molecule has 3 atom stereocenters. The molecule has 0 radical (unpaired) electrons. The Morgan fingerprint density at radius 1 is 1.19 bits per heavy atom. The maximum absolute atomic E-state index is 12.2. The minimum absolute atomic E-state index is 0.155. The molecule has 1 aromatic carbocycles. The summed E-state index contributed by atoms with van der Waals surface area (Å²) in [6.07, 6.45) is 3.75. The van der Waals surface area contributed by atoms with E-state index in [1.165, 1.54) is 11.1 Å². The first-order valence-corrected chi connectivity index (χ1v) is 9.18. The van der Waals surface area contributed by atoms with Crippen molar-refractivity contribution in [1.82, 2.24) is 14.8 Å². The van der Waals surface area contributed by atoms with Crippen LogP contribution in [-0.4, -0.2) is 47.4 Å². The van der Waals surface area contributed by atoms with Gasteiger partial charge in [0.15, 0.2) is 0 Å². The van der Waals surface area contributed by atoms with Crippen LogP contribution in [0, 0.1) is 11.8 Å². The number of aromatic nitrogens is 1. The predicted molar refractivity (Wildman–Crippen MR) is 99.6 cm³/mol. The van der Waals surface area contributed by atoms with E-state index in [0.29, 0.717) is 11.8 Å². The standard InChI is InChI=1S/C21H25N3O2/c1-15(25)24-13-18-12-23(11-16-4-3-9-22-10-16)14-20(18)21(24)17-5-7-19(26-2)8-6-17/h3-10,18,20-21H,11-14H2,1-2H3/t18-,20-,21+/m1/s1. The molecule has 4 rings (SSSR count). The summed E-state index contributed by atoms with van der Waals surface area (Å²) in [5.74, 6) is 2.02. The van der Waals surface area contributed by atoms with Crippen molar-refractivity contribution >= 4 is 5.91 Å². The van der Waals surface area contributed by atoms with Crippen molar-refractivity contribution in [2.24, 2.45) is 11.8 Å². The molecule has 2 aromatic rings. The number of fused-ring (bicyclic) bond motifs is 1. The molecule has 0 bridgehead atoms. The van der Waals surface area contributed by atoms with E-state index in [1.807, 2.05) is 30.6 Å². The Kier molecular flexibility index (Phi) is 4.64. The molecule has 2 saturated heterocycles. The molecule has 2 aliphatic rings. The van der Waals surface area contributed by atoms with Gasteiger partial charge in [-0.2, -0.15) is 0 Å². The third kappa shape index (κ3) is 3.19. The van der Waals surface area contributed by atoms with Gasteiger partial charge >= 0.3 is 0 Å². The van der Waals surface area contributed by atoms with Gasteiger partial charge in [-0.1, -0.05) is 18.2 Å². The second kappa shape index (κ2) is 7.08. The number of carbonyl (C=O) groups is 1. The average molecular weight is 351 g/mol. The summed E-state index contributed by atoms with van der Waals surface area (Å²) in [6, 6.07) is 12.5. The van der Waals surface area contributed by atoms with Crippen molar-refractivity contribution in [3.63, 3.8) is 0 Å². The van der Waals surface area contributed by atoms with E-state index in [4.69, 9.17) is 4.74 Å². The Bertz CT molecular complexity index is 763. The maximum Gasteiger partial charge on any atom is 0.219 e. The van der Waals surface area contributed by atoms with Crippen LogP contribution in [-0.2, 0) is 11.3 Å². The Hall–Kier alpha value is -2.40. The third-order valence-electron chi connectivity index (χ3n) is 5.73. The highest BCUT2D eigenvalue weighted by molar-refractivity contribution is 5.74. The van der Waals surface area contributed by atoms with Crippen molar-refractivity contribution in [3.8, 4) is 5.75 Å². The van der Waals surface area contributed by atoms with E-state index in [0.717, 1.165) is 31.9 Å². The number of amides is 1. The second-order valence-electron chi connectivity index (χ2n) is 7.37. The molecular formula is C21H25N3O2. The molecule has 5 nitrogen and oxygen atoms in total. The minimum atomic E-state index is 0.155. The van der Waals surface area contributed by atoms with E-state index in [9.17, 15) is 4.79 Å². The summed E-state index contributed by atoms with van der Waals surface area (Å²) in [4.78, 5) is 21.0. The number of hydrogen-bond donors (Lipinski definition) is 0.